The van der Waals surface area contributed by atoms with E-state index in [-0.39, 0.29) is 70.4 Å². The van der Waals surface area contributed by atoms with Crippen molar-refractivity contribution in [1.29, 1.82) is 0 Å². The topological polar surface area (TPSA) is 91.7 Å². The first-order valence-electron chi connectivity index (χ1n) is 0.612. The molecule has 0 aromatic heterocycles. The molecule has 0 N–H and O–H groups in total. The van der Waals surface area contributed by atoms with Crippen molar-refractivity contribution in [1.82, 2.24) is 0 Å². The smallest absolute Gasteiger partial charge is 2.00 e. The molecule has 7 heavy (non-hydrogen) atoms. The molecule has 0 unspecified atom stereocenters. The largest absolute Gasteiger partial charge is 2.00 e. The minimum Gasteiger partial charge on any atom is -2.00 e. The van der Waals surface area contributed by atoms with Gasteiger partial charge in [-0.05, 0) is 6.16 Å². The van der Waals surface area contributed by atoms with Crippen LogP contribution in [0.15, 0.2) is 0 Å². The maximum absolute atomic E-state index is 8.33. The molecule has 0 aliphatic heterocycles. The average Bonchev–Trinajstić information content (AvgIpc) is 0.811. The van der Waals surface area contributed by atoms with Crippen molar-refractivity contribution >= 4 is 51.6 Å². The number of carbonyl (C=O) groups is 1. The van der Waals surface area contributed by atoms with Gasteiger partial charge in [-0.2, -0.15) is 0 Å². The third-order valence-corrected chi connectivity index (χ3v) is 0. The van der Waals surface area contributed by atoms with Crippen LogP contribution in [0.3, 0.4) is 0 Å². The van der Waals surface area contributed by atoms with Crippen molar-refractivity contribution in [3.8, 4) is 0 Å². The number of hydrogen-bond acceptors (Lipinski definition) is 3. The monoisotopic (exact) mass is 228 g/mol. The zero-order valence-corrected chi connectivity index (χ0v) is 9.99. The second-order valence-electron chi connectivity index (χ2n) is 0.250. The van der Waals surface area contributed by atoms with Crippen molar-refractivity contribution in [2.75, 3.05) is 0 Å². The van der Waals surface area contributed by atoms with E-state index in [4.69, 9.17) is 15.0 Å². The molecule has 0 aliphatic rings. The van der Waals surface area contributed by atoms with Crippen LogP contribution in [0.5, 0.6) is 0 Å². The van der Waals surface area contributed by atoms with Crippen LogP contribution in [0, 0.1) is 0 Å². The molecule has 0 saturated heterocycles. The predicted molar refractivity (Wildman–Crippen MR) is 11.8 cm³/mol. The molecular weight excluding hydrogens is 229 g/mol. The SMILES string of the molecule is O=C([O-])[O-].[O-2].[Sr+2].[Zn+2]. The first-order chi connectivity index (χ1) is 1.73. The van der Waals surface area contributed by atoms with Crippen molar-refractivity contribution in [2.24, 2.45) is 0 Å². The van der Waals surface area contributed by atoms with E-state index in [9.17, 15) is 0 Å². The van der Waals surface area contributed by atoms with Crippen LogP contribution in [0.25, 0.3) is 0 Å². The Labute approximate surface area is 90.2 Å². The Balaban J connectivity index is -0.0000000150. The quantitative estimate of drug-likeness (QED) is 0.416. The van der Waals surface area contributed by atoms with Gasteiger partial charge in [0.2, 0.25) is 0 Å². The Morgan fingerprint density at radius 2 is 1.29 bits per heavy atom. The van der Waals surface area contributed by atoms with Crippen molar-refractivity contribution in [2.45, 2.75) is 0 Å². The normalized spacial score (nSPS) is 3.43. The number of carboxylic acid groups (broad SMARTS) is 2. The van der Waals surface area contributed by atoms with Gasteiger partial charge in [-0.25, -0.2) is 0 Å². The second-order valence-corrected chi connectivity index (χ2v) is 0.250. The van der Waals surface area contributed by atoms with E-state index in [1.165, 1.54) is 0 Å². The summed E-state index contributed by atoms with van der Waals surface area (Å²) in [6.07, 6.45) is -2.33. The van der Waals surface area contributed by atoms with Crippen LogP contribution in [0.2, 0.25) is 0 Å². The molecule has 0 atom stereocenters. The van der Waals surface area contributed by atoms with Gasteiger partial charge in [-0.15, -0.1) is 0 Å². The minimum absolute atomic E-state index is 0. The van der Waals surface area contributed by atoms with E-state index in [1.54, 1.807) is 0 Å². The number of carbonyl (C=O) groups excluding carboxylic acids is 1. The van der Waals surface area contributed by atoms with Crippen LogP contribution in [0.1, 0.15) is 0 Å². The Morgan fingerprint density at radius 3 is 1.29 bits per heavy atom. The van der Waals surface area contributed by atoms with Gasteiger partial charge in [-0.1, -0.05) is 0 Å². The Kier molecular flexibility index (Phi) is 53.4. The molecule has 0 fully saturated rings. The summed E-state index contributed by atoms with van der Waals surface area (Å²) < 4.78 is 0. The average molecular weight is 229 g/mol. The van der Waals surface area contributed by atoms with Crippen molar-refractivity contribution < 1.29 is 40.0 Å². The number of rotatable bonds is 0. The maximum atomic E-state index is 8.33. The summed E-state index contributed by atoms with van der Waals surface area (Å²) in [6.45, 7) is 0. The fraction of sp³-hybridized carbons (Fsp3) is 0. The summed E-state index contributed by atoms with van der Waals surface area (Å²) in [7, 11) is 0. The Morgan fingerprint density at radius 1 is 1.29 bits per heavy atom. The van der Waals surface area contributed by atoms with Gasteiger partial charge >= 0.3 is 65.0 Å². The molecule has 0 bridgehead atoms. The maximum Gasteiger partial charge on any atom is 2.00 e. The molecular formula is CO4SrZn. The van der Waals surface area contributed by atoms with Gasteiger partial charge in [0.1, 0.15) is 0 Å². The predicted octanol–water partition coefficient (Wildman–Crippen LogP) is -2.95. The van der Waals surface area contributed by atoms with Crippen LogP contribution in [0.4, 0.5) is 4.79 Å². The summed E-state index contributed by atoms with van der Waals surface area (Å²) in [4.78, 5) is 8.33. The van der Waals surface area contributed by atoms with Gasteiger partial charge in [0.25, 0.3) is 0 Å². The molecule has 4 nitrogen and oxygen atoms in total. The van der Waals surface area contributed by atoms with Gasteiger partial charge in [0.05, 0.1) is 0 Å². The van der Waals surface area contributed by atoms with E-state index in [0.29, 0.717) is 0 Å². The summed E-state index contributed by atoms with van der Waals surface area (Å²) in [5.41, 5.74) is 0. The molecule has 0 aromatic carbocycles. The Bertz CT molecular complexity index is 34.7. The zero-order chi connectivity index (χ0) is 3.58. The summed E-state index contributed by atoms with van der Waals surface area (Å²) in [5.74, 6) is 0. The molecule has 0 rings (SSSR count). The fourth-order valence-corrected chi connectivity index (χ4v) is 0. The molecule has 0 aromatic rings. The molecule has 0 amide bonds. The van der Waals surface area contributed by atoms with E-state index in [2.05, 4.69) is 0 Å². The van der Waals surface area contributed by atoms with Gasteiger partial charge < -0.3 is 20.5 Å². The minimum atomic E-state index is -2.33. The molecule has 0 heterocycles. The first-order valence-corrected chi connectivity index (χ1v) is 0.612. The molecule has 0 spiro atoms. The van der Waals surface area contributed by atoms with E-state index < -0.39 is 6.16 Å². The van der Waals surface area contributed by atoms with Crippen LogP contribution in [-0.2, 0) is 25.0 Å². The fourth-order valence-electron chi connectivity index (χ4n) is 0. The van der Waals surface area contributed by atoms with Crippen LogP contribution >= 0.6 is 0 Å². The van der Waals surface area contributed by atoms with E-state index in [1.807, 2.05) is 0 Å². The summed E-state index contributed by atoms with van der Waals surface area (Å²) in [5, 5.41) is 16.7. The summed E-state index contributed by atoms with van der Waals surface area (Å²) in [6, 6.07) is 0. The standard InChI is InChI=1S/CH2O3.O.Sr.Zn/c2-1(3)4;;;/h(H2,2,3,4);;;/q;-2;2*+2/p-2. The van der Waals surface area contributed by atoms with Crippen LogP contribution in [-0.4, -0.2) is 51.6 Å². The summed E-state index contributed by atoms with van der Waals surface area (Å²) >= 11 is 0. The third-order valence-electron chi connectivity index (χ3n) is 0. The molecule has 0 radical (unpaired) electrons. The van der Waals surface area contributed by atoms with Crippen molar-refractivity contribution in [3.05, 3.63) is 0 Å². The molecule has 32 valence electrons. The zero-order valence-electron chi connectivity index (χ0n) is 3.55. The van der Waals surface area contributed by atoms with Gasteiger partial charge in [0.15, 0.2) is 0 Å². The molecule has 6 heteroatoms. The third kappa shape index (κ3) is 117. The Hall–Kier alpha value is 1.33. The molecule has 0 saturated carbocycles. The number of hydrogen-bond donors (Lipinski definition) is 0. The van der Waals surface area contributed by atoms with Gasteiger partial charge in [-0.3, -0.25) is 0 Å². The first kappa shape index (κ1) is 23.9. The van der Waals surface area contributed by atoms with Gasteiger partial charge in [0, 0.05) is 0 Å². The van der Waals surface area contributed by atoms with E-state index >= 15 is 0 Å². The van der Waals surface area contributed by atoms with Crippen molar-refractivity contribution in [3.63, 3.8) is 0 Å². The van der Waals surface area contributed by atoms with E-state index in [0.717, 1.165) is 0 Å². The molecule has 0 aliphatic carbocycles. The van der Waals surface area contributed by atoms with Crippen LogP contribution < -0.4 is 10.2 Å². The second kappa shape index (κ2) is 15.7.